The molecule has 0 radical (unpaired) electrons. The lowest BCUT2D eigenvalue weighted by atomic mass is 10.2. The van der Waals surface area contributed by atoms with Crippen LogP contribution in [0.5, 0.6) is 0 Å². The lowest BCUT2D eigenvalue weighted by Gasteiger charge is -2.09. The Morgan fingerprint density at radius 1 is 1.19 bits per heavy atom. The molecule has 8 heteroatoms. The molecule has 0 spiro atoms. The Morgan fingerprint density at radius 3 is 2.38 bits per heavy atom. The van der Waals surface area contributed by atoms with Gasteiger partial charge < -0.3 is 11.1 Å². The Bertz CT molecular complexity index is 668. The van der Waals surface area contributed by atoms with E-state index in [-0.39, 0.29) is 17.1 Å². The van der Waals surface area contributed by atoms with Crippen molar-refractivity contribution in [3.05, 3.63) is 53.5 Å². The highest BCUT2D eigenvalue weighted by atomic mass is 19.4. The zero-order valence-corrected chi connectivity index (χ0v) is 10.4. The van der Waals surface area contributed by atoms with Gasteiger partial charge in [0.15, 0.2) is 0 Å². The molecule has 2 rings (SSSR count). The number of carbonyl (C=O) groups excluding carboxylic acids is 1. The molecule has 21 heavy (non-hydrogen) atoms. The first-order chi connectivity index (χ1) is 9.77. The van der Waals surface area contributed by atoms with E-state index in [1.165, 1.54) is 0 Å². The Balaban J connectivity index is 2.18. The number of hydrogen-bond donors (Lipinski definition) is 2. The van der Waals surface area contributed by atoms with E-state index >= 15 is 0 Å². The molecule has 2 aromatic rings. The van der Waals surface area contributed by atoms with Crippen LogP contribution in [-0.2, 0) is 6.18 Å². The number of benzene rings is 1. The van der Waals surface area contributed by atoms with E-state index in [0.717, 1.165) is 36.5 Å². The molecule has 1 heterocycles. The SMILES string of the molecule is Nc1ncc(F)cc1C(=O)Nc1ccc(C(F)(F)F)cc1. The van der Waals surface area contributed by atoms with E-state index < -0.39 is 23.5 Å². The van der Waals surface area contributed by atoms with Crippen molar-refractivity contribution in [2.75, 3.05) is 11.1 Å². The highest BCUT2D eigenvalue weighted by molar-refractivity contribution is 6.07. The maximum absolute atomic E-state index is 13.0. The number of carbonyl (C=O) groups is 1. The summed E-state index contributed by atoms with van der Waals surface area (Å²) >= 11 is 0. The van der Waals surface area contributed by atoms with Crippen LogP contribution >= 0.6 is 0 Å². The summed E-state index contributed by atoms with van der Waals surface area (Å²) in [5.74, 6) is -1.69. The minimum absolute atomic E-state index is 0.122. The van der Waals surface area contributed by atoms with Crippen molar-refractivity contribution >= 4 is 17.4 Å². The maximum atomic E-state index is 13.0. The van der Waals surface area contributed by atoms with E-state index in [0.29, 0.717) is 0 Å². The number of rotatable bonds is 2. The first-order valence-corrected chi connectivity index (χ1v) is 5.67. The van der Waals surface area contributed by atoms with Crippen LogP contribution in [0.25, 0.3) is 0 Å². The molecular weight excluding hydrogens is 290 g/mol. The predicted octanol–water partition coefficient (Wildman–Crippen LogP) is 3.07. The number of nitrogens with one attached hydrogen (secondary N) is 1. The normalized spacial score (nSPS) is 11.2. The second kappa shape index (κ2) is 5.39. The van der Waals surface area contributed by atoms with Crippen LogP contribution in [0, 0.1) is 5.82 Å². The molecule has 1 aromatic carbocycles. The number of pyridine rings is 1. The predicted molar refractivity (Wildman–Crippen MR) is 68.0 cm³/mol. The Kier molecular flexibility index (Phi) is 3.79. The molecule has 0 bridgehead atoms. The van der Waals surface area contributed by atoms with Crippen molar-refractivity contribution < 1.29 is 22.4 Å². The summed E-state index contributed by atoms with van der Waals surface area (Å²) in [4.78, 5) is 15.3. The molecule has 110 valence electrons. The summed E-state index contributed by atoms with van der Waals surface area (Å²) in [6.45, 7) is 0. The third-order valence-corrected chi connectivity index (χ3v) is 2.60. The van der Waals surface area contributed by atoms with E-state index in [4.69, 9.17) is 5.73 Å². The number of nitrogen functional groups attached to an aromatic ring is 1. The van der Waals surface area contributed by atoms with Crippen molar-refractivity contribution in [2.45, 2.75) is 6.18 Å². The summed E-state index contributed by atoms with van der Waals surface area (Å²) in [7, 11) is 0. The molecule has 4 nitrogen and oxygen atoms in total. The lowest BCUT2D eigenvalue weighted by molar-refractivity contribution is -0.137. The number of halogens is 4. The molecule has 0 aliphatic rings. The molecule has 0 aliphatic carbocycles. The molecule has 0 saturated carbocycles. The molecule has 0 atom stereocenters. The molecule has 0 saturated heterocycles. The number of anilines is 2. The number of nitrogens with zero attached hydrogens (tertiary/aromatic N) is 1. The largest absolute Gasteiger partial charge is 0.416 e. The van der Waals surface area contributed by atoms with Crippen LogP contribution in [0.3, 0.4) is 0 Å². The second-order valence-corrected chi connectivity index (χ2v) is 4.12. The first-order valence-electron chi connectivity index (χ1n) is 5.67. The van der Waals surface area contributed by atoms with Gasteiger partial charge in [0.2, 0.25) is 0 Å². The van der Waals surface area contributed by atoms with Crippen molar-refractivity contribution in [3.8, 4) is 0 Å². The van der Waals surface area contributed by atoms with Gasteiger partial charge in [-0.15, -0.1) is 0 Å². The number of hydrogen-bond acceptors (Lipinski definition) is 3. The van der Waals surface area contributed by atoms with Gasteiger partial charge in [0.25, 0.3) is 5.91 Å². The fourth-order valence-electron chi connectivity index (χ4n) is 1.57. The average molecular weight is 299 g/mol. The standard InChI is InChI=1S/C13H9F4N3O/c14-8-5-10(11(18)19-6-8)12(21)20-9-3-1-7(2-4-9)13(15,16)17/h1-6H,(H2,18,19)(H,20,21). The van der Waals surface area contributed by atoms with Crippen molar-refractivity contribution in [1.29, 1.82) is 0 Å². The first kappa shape index (κ1) is 14.8. The summed E-state index contributed by atoms with van der Waals surface area (Å²) in [5, 5.41) is 2.31. The van der Waals surface area contributed by atoms with Crippen LogP contribution in [0.2, 0.25) is 0 Å². The Labute approximate surface area is 116 Å². The van der Waals surface area contributed by atoms with Crippen LogP contribution in [0.15, 0.2) is 36.5 Å². The zero-order chi connectivity index (χ0) is 15.6. The molecule has 0 aliphatic heterocycles. The van der Waals surface area contributed by atoms with E-state index in [1.807, 2.05) is 0 Å². The van der Waals surface area contributed by atoms with Crippen LogP contribution < -0.4 is 11.1 Å². The van der Waals surface area contributed by atoms with Crippen LogP contribution in [0.4, 0.5) is 29.1 Å². The Hall–Kier alpha value is -2.64. The highest BCUT2D eigenvalue weighted by Crippen LogP contribution is 2.29. The maximum Gasteiger partial charge on any atom is 0.416 e. The van der Waals surface area contributed by atoms with Gasteiger partial charge in [-0.05, 0) is 30.3 Å². The van der Waals surface area contributed by atoms with Crippen LogP contribution in [-0.4, -0.2) is 10.9 Å². The smallest absolute Gasteiger partial charge is 0.383 e. The molecule has 3 N–H and O–H groups in total. The van der Waals surface area contributed by atoms with E-state index in [2.05, 4.69) is 10.3 Å². The van der Waals surface area contributed by atoms with Gasteiger partial charge in [-0.1, -0.05) is 0 Å². The number of aromatic nitrogens is 1. The molecule has 0 unspecified atom stereocenters. The third kappa shape index (κ3) is 3.47. The van der Waals surface area contributed by atoms with Gasteiger partial charge in [0.1, 0.15) is 11.6 Å². The summed E-state index contributed by atoms with van der Waals surface area (Å²) in [5.41, 5.74) is 4.52. The second-order valence-electron chi connectivity index (χ2n) is 4.12. The zero-order valence-electron chi connectivity index (χ0n) is 10.4. The van der Waals surface area contributed by atoms with Gasteiger partial charge in [0.05, 0.1) is 17.3 Å². The van der Waals surface area contributed by atoms with Crippen LogP contribution in [0.1, 0.15) is 15.9 Å². The molecule has 1 amide bonds. The monoisotopic (exact) mass is 299 g/mol. The quantitative estimate of drug-likeness (QED) is 0.837. The average Bonchev–Trinajstić information content (AvgIpc) is 2.41. The number of amides is 1. The fraction of sp³-hybridized carbons (Fsp3) is 0.0769. The molecule has 0 fully saturated rings. The topological polar surface area (TPSA) is 68.0 Å². The highest BCUT2D eigenvalue weighted by Gasteiger charge is 2.30. The van der Waals surface area contributed by atoms with Gasteiger partial charge >= 0.3 is 6.18 Å². The number of alkyl halides is 3. The van der Waals surface area contributed by atoms with E-state index in [1.54, 1.807) is 0 Å². The van der Waals surface area contributed by atoms with Crippen molar-refractivity contribution in [2.24, 2.45) is 0 Å². The van der Waals surface area contributed by atoms with Gasteiger partial charge in [-0.2, -0.15) is 13.2 Å². The lowest BCUT2D eigenvalue weighted by Crippen LogP contribution is -2.15. The number of nitrogens with two attached hydrogens (primary N) is 1. The van der Waals surface area contributed by atoms with Gasteiger partial charge in [0, 0.05) is 5.69 Å². The van der Waals surface area contributed by atoms with E-state index in [9.17, 15) is 22.4 Å². The fourth-order valence-corrected chi connectivity index (χ4v) is 1.57. The summed E-state index contributed by atoms with van der Waals surface area (Å²) < 4.78 is 50.2. The van der Waals surface area contributed by atoms with Gasteiger partial charge in [-0.25, -0.2) is 9.37 Å². The summed E-state index contributed by atoms with van der Waals surface area (Å²) in [6.07, 6.45) is -3.61. The minimum Gasteiger partial charge on any atom is -0.383 e. The third-order valence-electron chi connectivity index (χ3n) is 2.60. The van der Waals surface area contributed by atoms with Crippen molar-refractivity contribution in [3.63, 3.8) is 0 Å². The molecule has 1 aromatic heterocycles. The Morgan fingerprint density at radius 2 is 1.81 bits per heavy atom. The molecular formula is C13H9F4N3O. The summed E-state index contributed by atoms with van der Waals surface area (Å²) in [6, 6.07) is 4.71. The van der Waals surface area contributed by atoms with Crippen molar-refractivity contribution in [1.82, 2.24) is 4.98 Å². The minimum atomic E-state index is -4.46. The van der Waals surface area contributed by atoms with Gasteiger partial charge in [-0.3, -0.25) is 4.79 Å².